The molecule has 0 fully saturated rings. The van der Waals surface area contributed by atoms with Gasteiger partial charge in [-0.15, -0.1) is 0 Å². The number of aromatic nitrogens is 5. The van der Waals surface area contributed by atoms with E-state index in [4.69, 9.17) is 9.41 Å². The van der Waals surface area contributed by atoms with Crippen LogP contribution in [0.25, 0.3) is 16.9 Å². The Morgan fingerprint density at radius 2 is 1.94 bits per heavy atom. The molecule has 0 spiro atoms. The van der Waals surface area contributed by atoms with Crippen LogP contribution in [0, 0.1) is 0 Å². The fourth-order valence-electron chi connectivity index (χ4n) is 4.71. The summed E-state index contributed by atoms with van der Waals surface area (Å²) < 4.78 is 25.0. The second-order valence-electron chi connectivity index (χ2n) is 8.92. The molecule has 0 N–H and O–H groups in total. The number of hydrogen-bond acceptors (Lipinski definition) is 6. The number of thioether (sulfide) groups is 1. The fourth-order valence-corrected chi connectivity index (χ4v) is 8.14. The van der Waals surface area contributed by atoms with E-state index >= 15 is 4.39 Å². The van der Waals surface area contributed by atoms with Gasteiger partial charge in [-0.1, -0.05) is 44.7 Å². The van der Waals surface area contributed by atoms with E-state index < -0.39 is 13.9 Å². The van der Waals surface area contributed by atoms with Gasteiger partial charge < -0.3 is 4.43 Å². The van der Waals surface area contributed by atoms with Crippen molar-refractivity contribution in [3.05, 3.63) is 52.3 Å². The predicted octanol–water partition coefficient (Wildman–Crippen LogP) is 5.58. The summed E-state index contributed by atoms with van der Waals surface area (Å²) in [7, 11) is -1.99. The summed E-state index contributed by atoms with van der Waals surface area (Å²) in [5, 5.41) is 0.871. The first-order valence-electron chi connectivity index (χ1n) is 11.8. The van der Waals surface area contributed by atoms with Gasteiger partial charge in [-0.25, -0.2) is 28.7 Å². The molecule has 182 valence electrons. The summed E-state index contributed by atoms with van der Waals surface area (Å²) in [5.41, 5.74) is 0.195. The Kier molecular flexibility index (Phi) is 7.11. The molecule has 4 heterocycles. The number of allylic oxidation sites excluding steroid dienone is 2. The van der Waals surface area contributed by atoms with Gasteiger partial charge in [0.15, 0.2) is 24.9 Å². The molecule has 2 bridgehead atoms. The van der Waals surface area contributed by atoms with E-state index in [-0.39, 0.29) is 17.9 Å². The Balaban J connectivity index is 1.97. The maximum atomic E-state index is 15.1. The third kappa shape index (κ3) is 4.38. The van der Waals surface area contributed by atoms with Crippen LogP contribution in [0.3, 0.4) is 0 Å². The van der Waals surface area contributed by atoms with Crippen molar-refractivity contribution in [2.24, 2.45) is 0 Å². The largest absolute Gasteiger partial charge is 0.406 e. The maximum absolute atomic E-state index is 15.1. The van der Waals surface area contributed by atoms with Crippen LogP contribution in [-0.2, 0) is 16.6 Å². The van der Waals surface area contributed by atoms with Gasteiger partial charge in [0.05, 0.1) is 17.8 Å². The monoisotopic (exact) mass is 501 g/mol. The smallest absolute Gasteiger partial charge is 0.278 e. The molecule has 3 aromatic rings. The third-order valence-corrected chi connectivity index (χ3v) is 12.3. The van der Waals surface area contributed by atoms with E-state index in [9.17, 15) is 4.79 Å². The van der Waals surface area contributed by atoms with Crippen molar-refractivity contribution in [2.75, 3.05) is 6.26 Å². The molecule has 1 aliphatic heterocycles. The molecule has 1 atom stereocenters. The van der Waals surface area contributed by atoms with Crippen molar-refractivity contribution in [1.29, 1.82) is 0 Å². The minimum atomic E-state index is -1.99. The number of rotatable bonds is 6. The van der Waals surface area contributed by atoms with Crippen molar-refractivity contribution in [1.82, 2.24) is 24.3 Å². The van der Waals surface area contributed by atoms with Gasteiger partial charge >= 0.3 is 0 Å². The lowest BCUT2D eigenvalue weighted by Crippen LogP contribution is -2.44. The zero-order valence-electron chi connectivity index (χ0n) is 20.5. The van der Waals surface area contributed by atoms with Crippen molar-refractivity contribution in [3.8, 4) is 5.82 Å². The van der Waals surface area contributed by atoms with E-state index in [1.165, 1.54) is 22.6 Å². The van der Waals surface area contributed by atoms with Crippen LogP contribution < -0.4 is 5.56 Å². The SMILES string of the molecule is CC[Si](CC)(CC)O[C@]1(C)CC/C=C(\F)Cn2c(=O)c3cnc(SC)nc3n2-c2cccc1n2. The number of fused-ring (bicyclic) bond motifs is 6. The van der Waals surface area contributed by atoms with Crippen LogP contribution in [0.4, 0.5) is 4.39 Å². The van der Waals surface area contributed by atoms with E-state index in [2.05, 4.69) is 37.7 Å². The van der Waals surface area contributed by atoms with Gasteiger partial charge in [-0.3, -0.25) is 4.79 Å². The second kappa shape index (κ2) is 9.75. The first kappa shape index (κ1) is 24.8. The summed E-state index contributed by atoms with van der Waals surface area (Å²) >= 11 is 1.38. The summed E-state index contributed by atoms with van der Waals surface area (Å²) in [5.74, 6) is 0.142. The summed E-state index contributed by atoms with van der Waals surface area (Å²) in [6.07, 6.45) is 6.04. The van der Waals surface area contributed by atoms with Gasteiger partial charge in [-0.05, 0) is 56.3 Å². The van der Waals surface area contributed by atoms with E-state index in [0.29, 0.717) is 34.8 Å². The highest BCUT2D eigenvalue weighted by atomic mass is 32.2. The lowest BCUT2D eigenvalue weighted by atomic mass is 9.95. The summed E-state index contributed by atoms with van der Waals surface area (Å²) in [6, 6.07) is 8.74. The van der Waals surface area contributed by atoms with Crippen LogP contribution >= 0.6 is 11.8 Å². The van der Waals surface area contributed by atoms with Crippen molar-refractivity contribution in [2.45, 2.75) is 76.0 Å². The average Bonchev–Trinajstić information content (AvgIpc) is 3.12. The molecule has 10 heteroatoms. The van der Waals surface area contributed by atoms with Crippen molar-refractivity contribution < 1.29 is 8.82 Å². The molecule has 0 radical (unpaired) electrons. The normalized spacial score (nSPS) is 20.5. The summed E-state index contributed by atoms with van der Waals surface area (Å²) in [6.45, 7) is 8.48. The molecule has 7 nitrogen and oxygen atoms in total. The molecule has 34 heavy (non-hydrogen) atoms. The highest BCUT2D eigenvalue weighted by molar-refractivity contribution is 7.98. The van der Waals surface area contributed by atoms with E-state index in [1.807, 2.05) is 24.5 Å². The maximum Gasteiger partial charge on any atom is 0.278 e. The molecule has 0 saturated heterocycles. The molecule has 0 saturated carbocycles. The predicted molar refractivity (Wildman–Crippen MR) is 137 cm³/mol. The number of hydrogen-bond donors (Lipinski definition) is 0. The van der Waals surface area contributed by atoms with Gasteiger partial charge in [0.25, 0.3) is 5.56 Å². The first-order valence-corrected chi connectivity index (χ1v) is 15.6. The van der Waals surface area contributed by atoms with E-state index in [1.54, 1.807) is 10.8 Å². The number of nitrogens with zero attached hydrogens (tertiary/aromatic N) is 5. The van der Waals surface area contributed by atoms with Gasteiger partial charge in [0, 0.05) is 6.20 Å². The molecule has 0 aromatic carbocycles. The van der Waals surface area contributed by atoms with Crippen LogP contribution in [-0.4, -0.2) is 38.9 Å². The first-order chi connectivity index (χ1) is 16.3. The summed E-state index contributed by atoms with van der Waals surface area (Å²) in [4.78, 5) is 27.0. The van der Waals surface area contributed by atoms with Crippen LogP contribution in [0.15, 0.2) is 46.2 Å². The Morgan fingerprint density at radius 1 is 1.21 bits per heavy atom. The quantitative estimate of drug-likeness (QED) is 0.249. The second-order valence-corrected chi connectivity index (χ2v) is 14.4. The zero-order chi connectivity index (χ0) is 24.5. The highest BCUT2D eigenvalue weighted by Gasteiger charge is 2.40. The van der Waals surface area contributed by atoms with Crippen LogP contribution in [0.2, 0.25) is 18.1 Å². The van der Waals surface area contributed by atoms with Crippen LogP contribution in [0.1, 0.15) is 46.2 Å². The Labute approximate surface area is 204 Å². The lowest BCUT2D eigenvalue weighted by molar-refractivity contribution is 0.0598. The fraction of sp³-hybridized carbons (Fsp3) is 0.500. The Morgan fingerprint density at radius 3 is 2.62 bits per heavy atom. The average molecular weight is 502 g/mol. The highest BCUT2D eigenvalue weighted by Crippen LogP contribution is 2.38. The Bertz CT molecular complexity index is 1280. The molecule has 3 aromatic heterocycles. The minimum absolute atomic E-state index is 0.190. The zero-order valence-corrected chi connectivity index (χ0v) is 22.3. The molecule has 4 rings (SSSR count). The molecule has 0 aliphatic carbocycles. The number of halogens is 1. The lowest BCUT2D eigenvalue weighted by Gasteiger charge is -2.40. The van der Waals surface area contributed by atoms with Gasteiger partial charge in [-0.2, -0.15) is 0 Å². The molecule has 0 amide bonds. The number of pyridine rings is 1. The topological polar surface area (TPSA) is 74.8 Å². The molecular formula is C24H32FN5O2SSi. The standard InChI is InChI=1S/C24H32FN5O2SSi/c1-6-34(7-2,8-3)32-24(4)14-10-11-17(25)16-29-22(31)18-15-26-23(33-5)28-21(18)30(29)20-13-9-12-19(24)27-20/h9,11-13,15H,6-8,10,14,16H2,1-5H3/b17-11-/t24-/m1/s1. The molecule has 0 unspecified atom stereocenters. The van der Waals surface area contributed by atoms with Crippen molar-refractivity contribution in [3.63, 3.8) is 0 Å². The third-order valence-electron chi connectivity index (χ3n) is 6.99. The van der Waals surface area contributed by atoms with E-state index in [0.717, 1.165) is 23.8 Å². The van der Waals surface area contributed by atoms with Gasteiger partial charge in [0.1, 0.15) is 11.2 Å². The molecular weight excluding hydrogens is 469 g/mol. The minimum Gasteiger partial charge on any atom is -0.406 e. The van der Waals surface area contributed by atoms with Crippen LogP contribution in [0.5, 0.6) is 0 Å². The van der Waals surface area contributed by atoms with Crippen molar-refractivity contribution >= 4 is 31.1 Å². The van der Waals surface area contributed by atoms with Gasteiger partial charge in [0.2, 0.25) is 0 Å². The molecule has 1 aliphatic rings. The Hall–Kier alpha value is -2.30.